The van der Waals surface area contributed by atoms with E-state index in [-0.39, 0.29) is 0 Å². The zero-order valence-electron chi connectivity index (χ0n) is 10.4. The summed E-state index contributed by atoms with van der Waals surface area (Å²) in [6.07, 6.45) is 1.19. The molecule has 3 heteroatoms. The monoisotopic (exact) mass is 238 g/mol. The lowest BCUT2D eigenvalue weighted by atomic mass is 10.1. The molecule has 0 aliphatic carbocycles. The standard InChI is InChI=1S/C13H22N2S/c1-10-9-15(12(3)8-14-10)11(2)7-13-5-4-6-16-13/h4-6,10-12,14H,7-9H2,1-3H3. The van der Waals surface area contributed by atoms with E-state index in [1.54, 1.807) is 0 Å². The van der Waals surface area contributed by atoms with Gasteiger partial charge in [-0.3, -0.25) is 4.90 Å². The SMILES string of the molecule is CC1CN(C(C)Cc2cccs2)C(C)CN1. The van der Waals surface area contributed by atoms with Crippen LogP contribution in [0.3, 0.4) is 0 Å². The molecule has 90 valence electrons. The van der Waals surface area contributed by atoms with E-state index in [1.165, 1.54) is 17.8 Å². The van der Waals surface area contributed by atoms with E-state index >= 15 is 0 Å². The molecule has 3 atom stereocenters. The molecule has 1 fully saturated rings. The molecule has 16 heavy (non-hydrogen) atoms. The van der Waals surface area contributed by atoms with Crippen molar-refractivity contribution in [2.45, 2.75) is 45.3 Å². The van der Waals surface area contributed by atoms with E-state index in [0.717, 1.165) is 6.54 Å². The molecule has 0 saturated carbocycles. The Kier molecular flexibility index (Phi) is 4.00. The van der Waals surface area contributed by atoms with Gasteiger partial charge in [-0.25, -0.2) is 0 Å². The Labute approximate surface area is 103 Å². The fourth-order valence-electron chi connectivity index (χ4n) is 2.50. The smallest absolute Gasteiger partial charge is 0.0196 e. The average Bonchev–Trinajstić information content (AvgIpc) is 2.74. The minimum Gasteiger partial charge on any atom is -0.311 e. The van der Waals surface area contributed by atoms with E-state index in [0.29, 0.717) is 18.1 Å². The number of hydrogen-bond donors (Lipinski definition) is 1. The van der Waals surface area contributed by atoms with E-state index < -0.39 is 0 Å². The van der Waals surface area contributed by atoms with Gasteiger partial charge in [0.2, 0.25) is 0 Å². The summed E-state index contributed by atoms with van der Waals surface area (Å²) >= 11 is 1.87. The van der Waals surface area contributed by atoms with Gasteiger partial charge in [0, 0.05) is 36.1 Å². The molecule has 2 rings (SSSR count). The first kappa shape index (κ1) is 12.1. The van der Waals surface area contributed by atoms with Gasteiger partial charge >= 0.3 is 0 Å². The molecule has 0 aromatic carbocycles. The van der Waals surface area contributed by atoms with Gasteiger partial charge in [-0.05, 0) is 38.6 Å². The first-order valence-corrected chi connectivity index (χ1v) is 7.06. The second kappa shape index (κ2) is 5.30. The predicted octanol–water partition coefficient (Wildman–Crippen LogP) is 2.36. The van der Waals surface area contributed by atoms with Gasteiger partial charge in [0.25, 0.3) is 0 Å². The number of hydrogen-bond acceptors (Lipinski definition) is 3. The van der Waals surface area contributed by atoms with E-state index in [2.05, 4.69) is 48.5 Å². The Bertz CT molecular complexity index is 310. The summed E-state index contributed by atoms with van der Waals surface area (Å²) in [7, 11) is 0. The molecule has 1 aliphatic rings. The van der Waals surface area contributed by atoms with Crippen LogP contribution in [0.4, 0.5) is 0 Å². The molecule has 2 nitrogen and oxygen atoms in total. The highest BCUT2D eigenvalue weighted by Gasteiger charge is 2.26. The molecule has 1 aliphatic heterocycles. The third kappa shape index (κ3) is 2.84. The van der Waals surface area contributed by atoms with Crippen molar-refractivity contribution in [3.8, 4) is 0 Å². The number of nitrogens with one attached hydrogen (secondary N) is 1. The first-order chi connectivity index (χ1) is 7.66. The molecule has 1 saturated heterocycles. The molecule has 1 aromatic heterocycles. The predicted molar refractivity (Wildman–Crippen MR) is 71.1 cm³/mol. The van der Waals surface area contributed by atoms with Gasteiger partial charge in [0.05, 0.1) is 0 Å². The largest absolute Gasteiger partial charge is 0.311 e. The molecule has 3 unspecified atom stereocenters. The van der Waals surface area contributed by atoms with Crippen LogP contribution in [0, 0.1) is 0 Å². The molecule has 2 heterocycles. The van der Waals surface area contributed by atoms with Crippen molar-refractivity contribution in [1.29, 1.82) is 0 Å². The van der Waals surface area contributed by atoms with Crippen LogP contribution < -0.4 is 5.32 Å². The number of piperazine rings is 1. The zero-order valence-corrected chi connectivity index (χ0v) is 11.3. The number of rotatable bonds is 3. The third-order valence-corrected chi connectivity index (χ3v) is 4.35. The molecular formula is C13H22N2S. The molecule has 0 spiro atoms. The van der Waals surface area contributed by atoms with Crippen LogP contribution in [0.1, 0.15) is 25.6 Å². The van der Waals surface area contributed by atoms with Gasteiger partial charge < -0.3 is 5.32 Å². The van der Waals surface area contributed by atoms with Crippen molar-refractivity contribution in [1.82, 2.24) is 10.2 Å². The van der Waals surface area contributed by atoms with Crippen LogP contribution in [-0.4, -0.2) is 36.1 Å². The maximum absolute atomic E-state index is 3.54. The van der Waals surface area contributed by atoms with Gasteiger partial charge in [-0.15, -0.1) is 11.3 Å². The summed E-state index contributed by atoms with van der Waals surface area (Å²) in [5.41, 5.74) is 0. The molecule has 0 radical (unpaired) electrons. The van der Waals surface area contributed by atoms with Crippen LogP contribution in [-0.2, 0) is 6.42 Å². The number of thiophene rings is 1. The number of nitrogens with zero attached hydrogens (tertiary/aromatic N) is 1. The summed E-state index contributed by atoms with van der Waals surface area (Å²) in [5.74, 6) is 0. The van der Waals surface area contributed by atoms with Gasteiger partial charge in [0.1, 0.15) is 0 Å². The third-order valence-electron chi connectivity index (χ3n) is 3.46. The molecule has 1 N–H and O–H groups in total. The lowest BCUT2D eigenvalue weighted by Crippen LogP contribution is -2.57. The van der Waals surface area contributed by atoms with Crippen molar-refractivity contribution in [2.24, 2.45) is 0 Å². The second-order valence-electron chi connectivity index (χ2n) is 4.99. The maximum atomic E-state index is 3.54. The molecule has 0 bridgehead atoms. The summed E-state index contributed by atoms with van der Waals surface area (Å²) in [6.45, 7) is 9.25. The highest BCUT2D eigenvalue weighted by atomic mass is 32.1. The van der Waals surface area contributed by atoms with Gasteiger partial charge in [0.15, 0.2) is 0 Å². The van der Waals surface area contributed by atoms with E-state index in [4.69, 9.17) is 0 Å². The lowest BCUT2D eigenvalue weighted by molar-refractivity contribution is 0.104. The van der Waals surface area contributed by atoms with Crippen molar-refractivity contribution < 1.29 is 0 Å². The van der Waals surface area contributed by atoms with E-state index in [9.17, 15) is 0 Å². The molecule has 0 amide bonds. The minimum absolute atomic E-state index is 0.627. The summed E-state index contributed by atoms with van der Waals surface area (Å²) in [6, 6.07) is 6.33. The van der Waals surface area contributed by atoms with Crippen molar-refractivity contribution in [2.75, 3.05) is 13.1 Å². The van der Waals surface area contributed by atoms with Crippen LogP contribution in [0.15, 0.2) is 17.5 Å². The fraction of sp³-hybridized carbons (Fsp3) is 0.692. The Morgan fingerprint density at radius 2 is 2.38 bits per heavy atom. The Morgan fingerprint density at radius 1 is 1.56 bits per heavy atom. The minimum atomic E-state index is 0.627. The highest BCUT2D eigenvalue weighted by molar-refractivity contribution is 7.09. The van der Waals surface area contributed by atoms with Gasteiger partial charge in [-0.1, -0.05) is 6.07 Å². The van der Waals surface area contributed by atoms with Crippen molar-refractivity contribution >= 4 is 11.3 Å². The zero-order chi connectivity index (χ0) is 11.5. The summed E-state index contributed by atoms with van der Waals surface area (Å²) in [5, 5.41) is 5.71. The van der Waals surface area contributed by atoms with E-state index in [1.807, 2.05) is 11.3 Å². The molecule has 1 aromatic rings. The van der Waals surface area contributed by atoms with Crippen LogP contribution in [0.2, 0.25) is 0 Å². The normalized spacial score (nSPS) is 29.2. The lowest BCUT2D eigenvalue weighted by Gasteiger charge is -2.41. The highest BCUT2D eigenvalue weighted by Crippen LogP contribution is 2.17. The summed E-state index contributed by atoms with van der Waals surface area (Å²) in [4.78, 5) is 4.15. The molecular weight excluding hydrogens is 216 g/mol. The first-order valence-electron chi connectivity index (χ1n) is 6.18. The van der Waals surface area contributed by atoms with Crippen LogP contribution in [0.25, 0.3) is 0 Å². The van der Waals surface area contributed by atoms with Crippen LogP contribution in [0.5, 0.6) is 0 Å². The Hall–Kier alpha value is -0.380. The van der Waals surface area contributed by atoms with Crippen LogP contribution >= 0.6 is 11.3 Å². The van der Waals surface area contributed by atoms with Crippen molar-refractivity contribution in [3.05, 3.63) is 22.4 Å². The average molecular weight is 238 g/mol. The second-order valence-corrected chi connectivity index (χ2v) is 6.02. The fourth-order valence-corrected chi connectivity index (χ4v) is 3.33. The van der Waals surface area contributed by atoms with Gasteiger partial charge in [-0.2, -0.15) is 0 Å². The Balaban J connectivity index is 1.94. The van der Waals surface area contributed by atoms with Crippen molar-refractivity contribution in [3.63, 3.8) is 0 Å². The topological polar surface area (TPSA) is 15.3 Å². The Morgan fingerprint density at radius 3 is 3.06 bits per heavy atom. The quantitative estimate of drug-likeness (QED) is 0.869. The maximum Gasteiger partial charge on any atom is 0.0196 e. The summed E-state index contributed by atoms with van der Waals surface area (Å²) < 4.78 is 0.